The molecule has 2 heterocycles. The van der Waals surface area contributed by atoms with Gasteiger partial charge in [0.05, 0.1) is 5.69 Å². The Morgan fingerprint density at radius 1 is 1.53 bits per heavy atom. The van der Waals surface area contributed by atoms with Gasteiger partial charge in [-0.05, 0) is 45.7 Å². The summed E-state index contributed by atoms with van der Waals surface area (Å²) in [4.78, 5) is 12.7. The van der Waals surface area contributed by atoms with Crippen LogP contribution in [0.2, 0.25) is 0 Å². The molecule has 1 atom stereocenters. The minimum Gasteiger partial charge on any atom is -0.316 e. The van der Waals surface area contributed by atoms with Crippen LogP contribution in [0.4, 0.5) is 0 Å². The molecule has 0 spiro atoms. The summed E-state index contributed by atoms with van der Waals surface area (Å²) in [6, 6.07) is 2.04. The van der Waals surface area contributed by atoms with E-state index < -0.39 is 0 Å². The molecule has 106 valence electrons. The molecule has 1 aliphatic heterocycles. The molecule has 0 bridgehead atoms. The highest BCUT2D eigenvalue weighted by Crippen LogP contribution is 2.32. The van der Waals surface area contributed by atoms with E-state index in [1.165, 1.54) is 0 Å². The molecular weight excluding hydrogens is 238 g/mol. The van der Waals surface area contributed by atoms with Crippen molar-refractivity contribution in [3.8, 4) is 0 Å². The summed E-state index contributed by atoms with van der Waals surface area (Å²) in [5.41, 5.74) is 1.90. The predicted molar refractivity (Wildman–Crippen MR) is 76.2 cm³/mol. The molecule has 0 radical (unpaired) electrons. The van der Waals surface area contributed by atoms with E-state index in [9.17, 15) is 4.79 Å². The number of aromatic nitrogens is 2. The Bertz CT molecular complexity index is 444. The van der Waals surface area contributed by atoms with E-state index >= 15 is 0 Å². The van der Waals surface area contributed by atoms with Gasteiger partial charge in [-0.2, -0.15) is 5.10 Å². The smallest absolute Gasteiger partial charge is 0.146 e. The summed E-state index contributed by atoms with van der Waals surface area (Å²) in [5, 5.41) is 7.81. The van der Waals surface area contributed by atoms with E-state index in [2.05, 4.69) is 24.3 Å². The zero-order valence-corrected chi connectivity index (χ0v) is 12.3. The standard InChI is InChI=1S/C15H25N3O/c1-4-15(7-6-8-16-11-15)14(19)10-13-9-12(3)17-18(13)5-2/h9,16H,4-8,10-11H2,1-3H3. The number of piperidine rings is 1. The van der Waals surface area contributed by atoms with E-state index in [-0.39, 0.29) is 5.41 Å². The molecule has 1 fully saturated rings. The van der Waals surface area contributed by atoms with Crippen LogP contribution in [0.1, 0.15) is 44.5 Å². The first kappa shape index (κ1) is 14.3. The fourth-order valence-corrected chi connectivity index (χ4v) is 3.07. The van der Waals surface area contributed by atoms with Crippen molar-refractivity contribution in [2.45, 2.75) is 53.0 Å². The maximum Gasteiger partial charge on any atom is 0.146 e. The zero-order valence-electron chi connectivity index (χ0n) is 12.3. The van der Waals surface area contributed by atoms with Crippen LogP contribution >= 0.6 is 0 Å². The van der Waals surface area contributed by atoms with Crippen molar-refractivity contribution >= 4 is 5.78 Å². The van der Waals surface area contributed by atoms with Gasteiger partial charge in [-0.15, -0.1) is 0 Å². The molecule has 1 N–H and O–H groups in total. The first-order valence-electron chi connectivity index (χ1n) is 7.38. The van der Waals surface area contributed by atoms with Crippen molar-refractivity contribution in [3.63, 3.8) is 0 Å². The molecule has 1 aromatic rings. The molecular formula is C15H25N3O. The van der Waals surface area contributed by atoms with Gasteiger partial charge >= 0.3 is 0 Å². The second-order valence-corrected chi connectivity index (χ2v) is 5.61. The number of nitrogens with one attached hydrogen (secondary N) is 1. The Balaban J connectivity index is 2.14. The van der Waals surface area contributed by atoms with Crippen LogP contribution in [0.3, 0.4) is 0 Å². The number of aryl methyl sites for hydroxylation is 2. The zero-order chi connectivity index (χ0) is 13.9. The van der Waals surface area contributed by atoms with Crippen LogP contribution in [0, 0.1) is 12.3 Å². The number of nitrogens with zero attached hydrogens (tertiary/aromatic N) is 2. The van der Waals surface area contributed by atoms with Crippen molar-refractivity contribution in [1.29, 1.82) is 0 Å². The lowest BCUT2D eigenvalue weighted by Gasteiger charge is -2.35. The minimum atomic E-state index is -0.158. The summed E-state index contributed by atoms with van der Waals surface area (Å²) in [6.07, 6.45) is 3.57. The van der Waals surface area contributed by atoms with Gasteiger partial charge in [-0.3, -0.25) is 9.48 Å². The Morgan fingerprint density at radius 3 is 2.89 bits per heavy atom. The summed E-state index contributed by atoms with van der Waals surface area (Å²) in [7, 11) is 0. The highest BCUT2D eigenvalue weighted by atomic mass is 16.1. The average molecular weight is 263 g/mol. The number of carbonyl (C=O) groups is 1. The third-order valence-electron chi connectivity index (χ3n) is 4.37. The van der Waals surface area contributed by atoms with Crippen LogP contribution in [-0.2, 0) is 17.8 Å². The fraction of sp³-hybridized carbons (Fsp3) is 0.733. The third-order valence-corrected chi connectivity index (χ3v) is 4.37. The molecule has 4 nitrogen and oxygen atoms in total. The van der Waals surface area contributed by atoms with Crippen molar-refractivity contribution in [2.24, 2.45) is 5.41 Å². The number of hydrogen-bond donors (Lipinski definition) is 1. The van der Waals surface area contributed by atoms with E-state index in [4.69, 9.17) is 0 Å². The molecule has 0 amide bonds. The van der Waals surface area contributed by atoms with Gasteiger partial charge in [-0.25, -0.2) is 0 Å². The Hall–Kier alpha value is -1.16. The first-order chi connectivity index (χ1) is 9.11. The lowest BCUT2D eigenvalue weighted by atomic mass is 9.73. The van der Waals surface area contributed by atoms with Crippen molar-refractivity contribution in [1.82, 2.24) is 15.1 Å². The third kappa shape index (κ3) is 2.89. The lowest BCUT2D eigenvalue weighted by molar-refractivity contribution is -0.129. The molecule has 0 saturated carbocycles. The van der Waals surface area contributed by atoms with Crippen molar-refractivity contribution in [2.75, 3.05) is 13.1 Å². The lowest BCUT2D eigenvalue weighted by Crippen LogP contribution is -2.45. The predicted octanol–water partition coefficient (Wildman–Crippen LogP) is 2.10. The van der Waals surface area contributed by atoms with Crippen LogP contribution < -0.4 is 5.32 Å². The minimum absolute atomic E-state index is 0.158. The van der Waals surface area contributed by atoms with Gasteiger partial charge in [-0.1, -0.05) is 6.92 Å². The van der Waals surface area contributed by atoms with Gasteiger partial charge in [0.2, 0.25) is 0 Å². The Kier molecular flexibility index (Phi) is 4.40. The SMILES string of the molecule is CCn1nc(C)cc1CC(=O)C1(CC)CCCNC1. The maximum atomic E-state index is 12.7. The number of rotatable bonds is 5. The quantitative estimate of drug-likeness (QED) is 0.885. The van der Waals surface area contributed by atoms with Crippen molar-refractivity contribution in [3.05, 3.63) is 17.5 Å². The number of hydrogen-bond acceptors (Lipinski definition) is 3. The van der Waals surface area contributed by atoms with Gasteiger partial charge in [0.15, 0.2) is 0 Å². The molecule has 19 heavy (non-hydrogen) atoms. The fourth-order valence-electron chi connectivity index (χ4n) is 3.07. The maximum absolute atomic E-state index is 12.7. The first-order valence-corrected chi connectivity index (χ1v) is 7.38. The largest absolute Gasteiger partial charge is 0.316 e. The second-order valence-electron chi connectivity index (χ2n) is 5.61. The summed E-state index contributed by atoms with van der Waals surface area (Å²) in [6.45, 7) is 8.89. The molecule has 1 aliphatic rings. The van der Waals surface area contributed by atoms with Gasteiger partial charge in [0.1, 0.15) is 5.78 Å². The second kappa shape index (κ2) is 5.87. The summed E-state index contributed by atoms with van der Waals surface area (Å²) < 4.78 is 1.95. The molecule has 0 aliphatic carbocycles. The molecule has 1 aromatic heterocycles. The van der Waals surface area contributed by atoms with E-state index in [1.54, 1.807) is 0 Å². The van der Waals surface area contributed by atoms with Crippen LogP contribution in [-0.4, -0.2) is 28.7 Å². The number of carbonyl (C=O) groups excluding carboxylic acids is 1. The number of Topliss-reactive ketones (excluding diaryl/α,β-unsaturated/α-hetero) is 1. The van der Waals surface area contributed by atoms with E-state index in [0.29, 0.717) is 12.2 Å². The van der Waals surface area contributed by atoms with Crippen LogP contribution in [0.15, 0.2) is 6.07 Å². The molecule has 0 aromatic carbocycles. The van der Waals surface area contributed by atoms with E-state index in [1.807, 2.05) is 17.7 Å². The highest BCUT2D eigenvalue weighted by Gasteiger charge is 2.37. The summed E-state index contributed by atoms with van der Waals surface area (Å²) in [5.74, 6) is 0.372. The van der Waals surface area contributed by atoms with Crippen molar-refractivity contribution < 1.29 is 4.79 Å². The van der Waals surface area contributed by atoms with Crippen LogP contribution in [0.5, 0.6) is 0 Å². The van der Waals surface area contributed by atoms with Gasteiger partial charge in [0, 0.05) is 30.6 Å². The summed E-state index contributed by atoms with van der Waals surface area (Å²) >= 11 is 0. The van der Waals surface area contributed by atoms with E-state index in [0.717, 1.165) is 50.3 Å². The molecule has 4 heteroatoms. The molecule has 1 unspecified atom stereocenters. The van der Waals surface area contributed by atoms with Gasteiger partial charge < -0.3 is 5.32 Å². The molecule has 2 rings (SSSR count). The highest BCUT2D eigenvalue weighted by molar-refractivity contribution is 5.87. The monoisotopic (exact) mass is 263 g/mol. The Morgan fingerprint density at radius 2 is 2.32 bits per heavy atom. The van der Waals surface area contributed by atoms with Crippen LogP contribution in [0.25, 0.3) is 0 Å². The van der Waals surface area contributed by atoms with Gasteiger partial charge in [0.25, 0.3) is 0 Å². The number of ketones is 1. The molecule has 1 saturated heterocycles. The average Bonchev–Trinajstić information content (AvgIpc) is 2.79. The normalized spacial score (nSPS) is 23.5. The Labute approximate surface area is 115 Å². The topological polar surface area (TPSA) is 46.9 Å².